The normalized spacial score (nSPS) is 15.4. The van der Waals surface area contributed by atoms with Crippen molar-refractivity contribution in [2.75, 3.05) is 24.5 Å². The van der Waals surface area contributed by atoms with E-state index in [4.69, 9.17) is 4.74 Å². The van der Waals surface area contributed by atoms with Crippen LogP contribution in [0.4, 0.5) is 85.3 Å². The molecule has 0 saturated heterocycles. The monoisotopic (exact) mass is 1640 g/mol. The molecule has 7 aliphatic heterocycles. The molecule has 7 aliphatic rings. The highest BCUT2D eigenvalue weighted by Gasteiger charge is 2.57. The van der Waals surface area contributed by atoms with Crippen LogP contribution in [0, 0.1) is 6.92 Å². The van der Waals surface area contributed by atoms with Crippen molar-refractivity contribution in [2.45, 2.75) is 321 Å². The number of rotatable bonds is 4. The zero-order chi connectivity index (χ0) is 89.9. The molecule has 18 rings (SSSR count). The molecular weight excluding hydrogens is 1500 g/mol. The summed E-state index contributed by atoms with van der Waals surface area (Å²) in [7, 11) is 0. The van der Waals surface area contributed by atoms with E-state index >= 15 is 0 Å². The Kier molecular flexibility index (Phi) is 18.4. The molecule has 11 aromatic carbocycles. The molecule has 0 atom stereocenters. The van der Waals surface area contributed by atoms with Gasteiger partial charge in [-0.05, 0) is 290 Å². The van der Waals surface area contributed by atoms with Crippen LogP contribution in [0.3, 0.4) is 0 Å². The van der Waals surface area contributed by atoms with Crippen LogP contribution in [0.2, 0.25) is 0 Å². The van der Waals surface area contributed by atoms with E-state index in [-0.39, 0.29) is 85.1 Å². The zero-order valence-corrected chi connectivity index (χ0v) is 82.5. The lowest BCUT2D eigenvalue weighted by molar-refractivity contribution is 0.470. The smallest absolute Gasteiger partial charge is 0.252 e. The maximum absolute atomic E-state index is 8.04. The first-order valence-electron chi connectivity index (χ1n) is 46.5. The fourth-order valence-corrected chi connectivity index (χ4v) is 20.8. The summed E-state index contributed by atoms with van der Waals surface area (Å²) < 4.78 is 8.04. The average Bonchev–Trinajstić information content (AvgIpc) is 0.654. The second-order valence-corrected chi connectivity index (χ2v) is 50.8. The summed E-state index contributed by atoms with van der Waals surface area (Å²) in [6, 6.07) is 69.3. The van der Waals surface area contributed by atoms with Crippen molar-refractivity contribution in [3.63, 3.8) is 0 Å². The number of hydrogen-bond acceptors (Lipinski definition) is 6. The standard InChI is InChI=1S/C115H138B3N5O/c1-65-42-92-98-93(43-65)121(80-52-72(110(20,21)22)46-73(53-80)111(23,24)25)90-63-91-85(62-84(90)116(98)82-56-66(104(2,3)4)38-40-88(82)119(92)78-48-68(106(8,9)10)44-69(49-78)107(11,12)13)118-87-59-77(115(35,36)37)61-97-102(87)123-101-86(58-76(114(32,33)34)60-96(101)124-97)117-83-57-67(105(5,6)7)39-41-89(83)120(79-50-70(108(14,15)16)45-71(51-79)109(17,18)19)94-64-95(100(118)103(123)99(94)117)122(91)81-54-74(112(26,27)28)47-75(55-81)113(29,30)31/h38-64H,1-37H3. The molecule has 0 radical (unpaired) electrons. The predicted octanol–water partition coefficient (Wildman–Crippen LogP) is 26.4. The minimum absolute atomic E-state index is 0.131. The van der Waals surface area contributed by atoms with Crippen molar-refractivity contribution < 1.29 is 4.74 Å². The molecule has 9 heteroatoms. The topological polar surface area (TPSA) is 25.4 Å². The molecule has 124 heavy (non-hydrogen) atoms. The molecule has 0 aromatic heterocycles. The number of benzene rings is 11. The molecule has 7 heterocycles. The van der Waals surface area contributed by atoms with Crippen LogP contribution in [0.1, 0.15) is 322 Å². The van der Waals surface area contributed by atoms with E-state index in [0.29, 0.717) is 0 Å². The SMILES string of the molecule is Cc1cc2c3c(c1)N(c1cc(C(C)(C)C)cc(C(C)(C)C)c1)c1cc4c(cc1B3c1cc(C(C)(C)C)ccc1N2c1cc(C(C)(C)C)cc(C(C)(C)C)c1)B1c2cc(C(C)(C)C)cc3c2N2c5c(cc(C(C)(C)C)cc5B5c6cc(C(C)(C)C)ccc6N(c6cc(C(C)(C)C)cc(C(C)(C)C)c6)c6cc(c1c2c65)N4c1cc(C(C)(C)C)cc(C(C)(C)C)c1)O3. The van der Waals surface area contributed by atoms with Gasteiger partial charge in [0.25, 0.3) is 20.1 Å². The molecule has 11 aromatic rings. The van der Waals surface area contributed by atoms with Gasteiger partial charge in [0, 0.05) is 73.9 Å². The van der Waals surface area contributed by atoms with Gasteiger partial charge < -0.3 is 29.2 Å². The van der Waals surface area contributed by atoms with E-state index in [2.05, 4.69) is 444 Å². The Morgan fingerprint density at radius 1 is 0.185 bits per heavy atom. The number of hydrogen-bond donors (Lipinski definition) is 0. The van der Waals surface area contributed by atoms with E-state index in [1.807, 2.05) is 0 Å². The summed E-state index contributed by atoms with van der Waals surface area (Å²) in [5, 5.41) is 0. The van der Waals surface area contributed by atoms with Gasteiger partial charge in [0.2, 0.25) is 0 Å². The lowest BCUT2D eigenvalue weighted by atomic mass is 9.27. The Morgan fingerprint density at radius 3 is 0.685 bits per heavy atom. The zero-order valence-electron chi connectivity index (χ0n) is 82.5. The van der Waals surface area contributed by atoms with Gasteiger partial charge in [-0.1, -0.05) is 316 Å². The molecule has 0 bridgehead atoms. The van der Waals surface area contributed by atoms with Crippen LogP contribution >= 0.6 is 0 Å². The average molecular weight is 1640 g/mol. The molecule has 6 nitrogen and oxygen atoms in total. The van der Waals surface area contributed by atoms with Crippen molar-refractivity contribution in [3.8, 4) is 11.5 Å². The molecule has 638 valence electrons. The van der Waals surface area contributed by atoms with E-state index in [1.54, 1.807) is 0 Å². The summed E-state index contributed by atoms with van der Waals surface area (Å²) >= 11 is 0. The number of nitrogens with zero attached hydrogens (tertiary/aromatic N) is 5. The minimum atomic E-state index is -0.304. The van der Waals surface area contributed by atoms with E-state index in [0.717, 1.165) is 28.6 Å². The fraction of sp³-hybridized carbons (Fsp3) is 0.426. The lowest BCUT2D eigenvalue weighted by Gasteiger charge is -2.53. The highest BCUT2D eigenvalue weighted by molar-refractivity contribution is 7.06. The third-order valence-corrected chi connectivity index (χ3v) is 28.7. The van der Waals surface area contributed by atoms with Gasteiger partial charge in [0.05, 0.1) is 11.4 Å². The van der Waals surface area contributed by atoms with E-state index in [1.165, 1.54) is 190 Å². The molecule has 0 N–H and O–H groups in total. The Balaban J connectivity index is 1.07. The second-order valence-electron chi connectivity index (χ2n) is 50.8. The van der Waals surface area contributed by atoms with Gasteiger partial charge in [-0.2, -0.15) is 0 Å². The summed E-state index contributed by atoms with van der Waals surface area (Å²) in [5.74, 6) is 1.83. The first-order chi connectivity index (χ1) is 56.9. The number of fused-ring (bicyclic) bond motifs is 10. The maximum Gasteiger partial charge on any atom is 0.252 e. The van der Waals surface area contributed by atoms with Crippen LogP contribution in [-0.2, 0) is 65.0 Å². The molecule has 0 aliphatic carbocycles. The molecule has 0 amide bonds. The van der Waals surface area contributed by atoms with Gasteiger partial charge in [-0.25, -0.2) is 0 Å². The van der Waals surface area contributed by atoms with E-state index < -0.39 is 0 Å². The molecule has 0 spiro atoms. The fourth-order valence-electron chi connectivity index (χ4n) is 20.8. The highest BCUT2D eigenvalue weighted by Crippen LogP contribution is 2.60. The molecule has 0 unspecified atom stereocenters. The Hall–Kier alpha value is -9.59. The summed E-state index contributed by atoms with van der Waals surface area (Å²) in [6.07, 6.45) is 0. The predicted molar refractivity (Wildman–Crippen MR) is 543 cm³/mol. The third kappa shape index (κ3) is 13.6. The van der Waals surface area contributed by atoms with Crippen molar-refractivity contribution in [1.29, 1.82) is 0 Å². The third-order valence-electron chi connectivity index (χ3n) is 28.7. The van der Waals surface area contributed by atoms with Gasteiger partial charge in [-0.15, -0.1) is 0 Å². The van der Waals surface area contributed by atoms with Crippen molar-refractivity contribution in [1.82, 2.24) is 0 Å². The summed E-state index contributed by atoms with van der Waals surface area (Å²) in [6.45, 7) is 88.1. The van der Waals surface area contributed by atoms with E-state index in [9.17, 15) is 0 Å². The molecular formula is C115H138B3N5O. The number of anilines is 15. The number of ether oxygens (including phenoxy) is 1. The quantitative estimate of drug-likeness (QED) is 0.163. The van der Waals surface area contributed by atoms with Crippen LogP contribution in [-0.4, -0.2) is 20.1 Å². The van der Waals surface area contributed by atoms with Gasteiger partial charge in [0.15, 0.2) is 11.5 Å². The van der Waals surface area contributed by atoms with Crippen LogP contribution < -0.4 is 78.4 Å². The summed E-state index contributed by atoms with van der Waals surface area (Å²) in [5.41, 5.74) is 44.4. The molecule has 0 saturated carbocycles. The number of aryl methyl sites for hydroxylation is 1. The van der Waals surface area contributed by atoms with Crippen molar-refractivity contribution >= 4 is 155 Å². The first-order valence-corrected chi connectivity index (χ1v) is 46.5. The summed E-state index contributed by atoms with van der Waals surface area (Å²) in [4.78, 5) is 13.8. The van der Waals surface area contributed by atoms with Gasteiger partial charge in [-0.3, -0.25) is 0 Å². The van der Waals surface area contributed by atoms with Crippen LogP contribution in [0.25, 0.3) is 0 Å². The first kappa shape index (κ1) is 85.2. The lowest BCUT2D eigenvalue weighted by Crippen LogP contribution is -2.70. The van der Waals surface area contributed by atoms with Crippen LogP contribution in [0.15, 0.2) is 164 Å². The van der Waals surface area contributed by atoms with Crippen molar-refractivity contribution in [3.05, 3.63) is 236 Å². The van der Waals surface area contributed by atoms with Crippen molar-refractivity contribution in [2.24, 2.45) is 0 Å². The molecule has 0 fully saturated rings. The second kappa shape index (κ2) is 26.8. The highest BCUT2D eigenvalue weighted by atomic mass is 16.5. The Morgan fingerprint density at radius 2 is 0.411 bits per heavy atom. The van der Waals surface area contributed by atoms with Crippen LogP contribution in [0.5, 0.6) is 11.5 Å². The Bertz CT molecular complexity index is 6270. The minimum Gasteiger partial charge on any atom is -0.453 e. The van der Waals surface area contributed by atoms with Gasteiger partial charge >= 0.3 is 0 Å². The van der Waals surface area contributed by atoms with Gasteiger partial charge in [0.1, 0.15) is 0 Å². The maximum atomic E-state index is 8.04. The largest absolute Gasteiger partial charge is 0.453 e. The Labute approximate surface area is 747 Å².